The lowest BCUT2D eigenvalue weighted by Gasteiger charge is -2.33. The normalized spacial score (nSPS) is 20.5. The summed E-state index contributed by atoms with van der Waals surface area (Å²) in [5.74, 6) is -2.80. The van der Waals surface area contributed by atoms with Crippen LogP contribution < -0.4 is 0 Å². The van der Waals surface area contributed by atoms with Crippen molar-refractivity contribution in [2.45, 2.75) is 32.0 Å². The highest BCUT2D eigenvalue weighted by atomic mass is 35.5. The Morgan fingerprint density at radius 3 is 2.25 bits per heavy atom. The maximum atomic E-state index is 12.9. The number of halogens is 5. The highest BCUT2D eigenvalue weighted by molar-refractivity contribution is 6.34. The zero-order valence-corrected chi connectivity index (χ0v) is 20.7. The van der Waals surface area contributed by atoms with Crippen molar-refractivity contribution in [1.29, 1.82) is 0 Å². The summed E-state index contributed by atoms with van der Waals surface area (Å²) in [7, 11) is 0. The molecule has 0 radical (unpaired) electrons. The Balaban J connectivity index is 1.48. The molecule has 2 aromatic rings. The topological polar surface area (TPSA) is 79.3 Å². The van der Waals surface area contributed by atoms with Crippen molar-refractivity contribution in [3.8, 4) is 0 Å². The minimum Gasteiger partial charge on any atom is -0.384 e. The van der Waals surface area contributed by atoms with Crippen LogP contribution in [0.15, 0.2) is 41.6 Å². The van der Waals surface area contributed by atoms with Gasteiger partial charge < -0.3 is 9.74 Å². The van der Waals surface area contributed by atoms with Crippen molar-refractivity contribution in [3.05, 3.63) is 68.7 Å². The molecule has 2 aromatic carbocycles. The summed E-state index contributed by atoms with van der Waals surface area (Å²) in [5, 5.41) is 5.15. The molecule has 4 rings (SSSR count). The second kappa shape index (κ2) is 9.40. The van der Waals surface area contributed by atoms with Crippen LogP contribution in [0.5, 0.6) is 0 Å². The Kier molecular flexibility index (Phi) is 6.78. The SMILES string of the molecule is Cc1cc(C(=O)N2CC(=O)N(CC(F)(F)F)C(=O)C2)ccc1C1=NOC(C)(c2cc(Cl)cc(Cl)c2)C1. The molecule has 0 saturated carbocycles. The zero-order valence-electron chi connectivity index (χ0n) is 19.2. The van der Waals surface area contributed by atoms with E-state index in [0.29, 0.717) is 27.7 Å². The van der Waals surface area contributed by atoms with Crippen LogP contribution >= 0.6 is 23.2 Å². The van der Waals surface area contributed by atoms with Crippen molar-refractivity contribution < 1.29 is 32.4 Å². The smallest absolute Gasteiger partial charge is 0.384 e. The van der Waals surface area contributed by atoms with Crippen molar-refractivity contribution >= 4 is 46.6 Å². The van der Waals surface area contributed by atoms with Crippen LogP contribution in [-0.2, 0) is 20.0 Å². The lowest BCUT2D eigenvalue weighted by atomic mass is 9.88. The second-order valence-corrected chi connectivity index (χ2v) is 9.75. The molecule has 2 aliphatic rings. The van der Waals surface area contributed by atoms with Gasteiger partial charge in [0.25, 0.3) is 5.91 Å². The number of benzene rings is 2. The standard InChI is InChI=1S/C24H20Cl2F3N3O4/c1-13-5-14(22(35)31-10-20(33)32(21(34)11-31)12-24(27,28)29)3-4-18(13)19-9-23(2,36-30-19)15-6-16(25)8-17(26)7-15/h3-8H,9-12H2,1-2H3. The molecular formula is C24H20Cl2F3N3O4. The van der Waals surface area contributed by atoms with Gasteiger partial charge in [-0.1, -0.05) is 34.4 Å². The van der Waals surface area contributed by atoms with Gasteiger partial charge in [-0.25, -0.2) is 0 Å². The molecule has 0 N–H and O–H groups in total. The quantitative estimate of drug-likeness (QED) is 0.525. The van der Waals surface area contributed by atoms with Crippen molar-refractivity contribution in [2.75, 3.05) is 19.6 Å². The predicted octanol–water partition coefficient (Wildman–Crippen LogP) is 4.71. The van der Waals surface area contributed by atoms with Crippen molar-refractivity contribution in [3.63, 3.8) is 0 Å². The molecule has 2 aliphatic heterocycles. The molecule has 1 saturated heterocycles. The van der Waals surface area contributed by atoms with Crippen molar-refractivity contribution in [2.24, 2.45) is 5.16 Å². The molecule has 1 unspecified atom stereocenters. The molecule has 190 valence electrons. The molecule has 7 nitrogen and oxygen atoms in total. The van der Waals surface area contributed by atoms with Crippen LogP contribution in [0.1, 0.15) is 40.4 Å². The second-order valence-electron chi connectivity index (χ2n) is 8.87. The largest absolute Gasteiger partial charge is 0.406 e. The number of piperazine rings is 1. The first kappa shape index (κ1) is 26.0. The van der Waals surface area contributed by atoms with Crippen LogP contribution in [0.2, 0.25) is 10.0 Å². The number of carbonyl (C=O) groups is 3. The van der Waals surface area contributed by atoms with Crippen LogP contribution in [0, 0.1) is 6.92 Å². The lowest BCUT2D eigenvalue weighted by Crippen LogP contribution is -2.57. The third kappa shape index (κ3) is 5.34. The summed E-state index contributed by atoms with van der Waals surface area (Å²) < 4.78 is 37.9. The van der Waals surface area contributed by atoms with Crippen LogP contribution in [-0.4, -0.2) is 59.0 Å². The predicted molar refractivity (Wildman–Crippen MR) is 126 cm³/mol. The van der Waals surface area contributed by atoms with Gasteiger partial charge in [0.05, 0.1) is 5.71 Å². The van der Waals surface area contributed by atoms with E-state index in [9.17, 15) is 27.6 Å². The molecule has 0 aliphatic carbocycles. The first-order valence-corrected chi connectivity index (χ1v) is 11.5. The minimum absolute atomic E-state index is 0.125. The number of hydrogen-bond acceptors (Lipinski definition) is 5. The van der Waals surface area contributed by atoms with E-state index in [2.05, 4.69) is 5.16 Å². The number of oxime groups is 1. The summed E-state index contributed by atoms with van der Waals surface area (Å²) in [6.07, 6.45) is -4.31. The Morgan fingerprint density at radius 1 is 1.08 bits per heavy atom. The maximum absolute atomic E-state index is 12.9. The number of aryl methyl sites for hydroxylation is 1. The van der Waals surface area contributed by atoms with Gasteiger partial charge in [0.15, 0.2) is 5.60 Å². The average Bonchev–Trinajstić information content (AvgIpc) is 3.17. The molecule has 2 heterocycles. The number of carbonyl (C=O) groups excluding carboxylic acids is 3. The number of amides is 3. The Labute approximate surface area is 214 Å². The van der Waals surface area contributed by atoms with Gasteiger partial charge in [-0.15, -0.1) is 0 Å². The number of imide groups is 1. The van der Waals surface area contributed by atoms with E-state index >= 15 is 0 Å². The fourth-order valence-electron chi connectivity index (χ4n) is 4.19. The summed E-state index contributed by atoms with van der Waals surface area (Å²) in [4.78, 5) is 43.9. The van der Waals surface area contributed by atoms with Gasteiger partial charge in [0.1, 0.15) is 19.6 Å². The molecule has 0 spiro atoms. The monoisotopic (exact) mass is 541 g/mol. The molecule has 12 heteroatoms. The highest BCUT2D eigenvalue weighted by Gasteiger charge is 2.41. The van der Waals surface area contributed by atoms with Crippen molar-refractivity contribution in [1.82, 2.24) is 9.80 Å². The molecule has 1 atom stereocenters. The lowest BCUT2D eigenvalue weighted by molar-refractivity contribution is -0.174. The van der Waals surface area contributed by atoms with Crippen LogP contribution in [0.25, 0.3) is 0 Å². The van der Waals surface area contributed by atoms with Crippen LogP contribution in [0.3, 0.4) is 0 Å². The van der Waals surface area contributed by atoms with Gasteiger partial charge in [0.2, 0.25) is 11.8 Å². The fraction of sp³-hybridized carbons (Fsp3) is 0.333. The van der Waals surface area contributed by atoms with Gasteiger partial charge in [-0.3, -0.25) is 19.3 Å². The zero-order chi connectivity index (χ0) is 26.4. The van der Waals surface area contributed by atoms with Gasteiger partial charge in [-0.05, 0) is 49.7 Å². The third-order valence-electron chi connectivity index (χ3n) is 6.00. The van der Waals surface area contributed by atoms with E-state index in [0.717, 1.165) is 16.0 Å². The summed E-state index contributed by atoms with van der Waals surface area (Å²) in [6, 6.07) is 9.86. The molecule has 1 fully saturated rings. The summed E-state index contributed by atoms with van der Waals surface area (Å²) >= 11 is 12.3. The number of hydrogen-bond donors (Lipinski definition) is 0. The number of rotatable bonds is 4. The molecule has 0 bridgehead atoms. The molecular weight excluding hydrogens is 522 g/mol. The third-order valence-corrected chi connectivity index (χ3v) is 6.43. The summed E-state index contributed by atoms with van der Waals surface area (Å²) in [5.41, 5.74) is 2.18. The maximum Gasteiger partial charge on any atom is 0.406 e. The van der Waals surface area contributed by atoms with Crippen LogP contribution in [0.4, 0.5) is 13.2 Å². The van der Waals surface area contributed by atoms with E-state index in [4.69, 9.17) is 28.0 Å². The minimum atomic E-state index is -4.72. The van der Waals surface area contributed by atoms with E-state index in [-0.39, 0.29) is 10.5 Å². The highest BCUT2D eigenvalue weighted by Crippen LogP contribution is 2.38. The van der Waals surface area contributed by atoms with E-state index < -0.39 is 49.1 Å². The van der Waals surface area contributed by atoms with E-state index in [1.807, 2.05) is 6.92 Å². The number of alkyl halides is 3. The molecule has 36 heavy (non-hydrogen) atoms. The van der Waals surface area contributed by atoms with Gasteiger partial charge in [0, 0.05) is 33.2 Å². The first-order valence-electron chi connectivity index (χ1n) is 10.8. The fourth-order valence-corrected chi connectivity index (χ4v) is 4.72. The first-order chi connectivity index (χ1) is 16.8. The van der Waals surface area contributed by atoms with E-state index in [1.54, 1.807) is 37.3 Å². The Morgan fingerprint density at radius 2 is 1.69 bits per heavy atom. The molecule has 3 amide bonds. The van der Waals surface area contributed by atoms with E-state index in [1.165, 1.54) is 6.07 Å². The average molecular weight is 542 g/mol. The van der Waals surface area contributed by atoms with Gasteiger partial charge >= 0.3 is 6.18 Å². The summed E-state index contributed by atoms with van der Waals surface area (Å²) in [6.45, 7) is 0.694. The van der Waals surface area contributed by atoms with Gasteiger partial charge in [-0.2, -0.15) is 13.2 Å². The Hall–Kier alpha value is -3.11. The number of nitrogens with zero attached hydrogens (tertiary/aromatic N) is 3. The Bertz CT molecular complexity index is 1260. The molecule has 0 aromatic heterocycles.